The zero-order valence-electron chi connectivity index (χ0n) is 12.8. The molecule has 132 valence electrons. The summed E-state index contributed by atoms with van der Waals surface area (Å²) in [5.41, 5.74) is 5.09. The van der Waals surface area contributed by atoms with Gasteiger partial charge in [-0.05, 0) is 13.8 Å². The molecule has 0 bridgehead atoms. The zero-order valence-corrected chi connectivity index (χ0v) is 15.1. The molecule has 0 aliphatic rings. The second kappa shape index (κ2) is 8.91. The van der Waals surface area contributed by atoms with Crippen molar-refractivity contribution in [2.24, 2.45) is 0 Å². The predicted octanol–water partition coefficient (Wildman–Crippen LogP) is 1.42. The van der Waals surface area contributed by atoms with E-state index >= 15 is 0 Å². The maximum Gasteiger partial charge on any atom is 0.359 e. The monoisotopic (exact) mass is 396 g/mol. The number of ether oxygens (including phenoxy) is 1. The summed E-state index contributed by atoms with van der Waals surface area (Å²) in [5, 5.41) is 4.36. The molecule has 2 amide bonds. The van der Waals surface area contributed by atoms with Gasteiger partial charge in [0.1, 0.15) is 11.1 Å². The molecule has 0 aliphatic heterocycles. The molecule has 4 N–H and O–H groups in total. The summed E-state index contributed by atoms with van der Waals surface area (Å²) in [6.07, 6.45) is 0. The molecule has 0 saturated carbocycles. The van der Waals surface area contributed by atoms with Crippen molar-refractivity contribution in [3.05, 3.63) is 20.9 Å². The van der Waals surface area contributed by atoms with E-state index in [0.717, 1.165) is 0 Å². The molecular formula is C13H15Cl3N4O4. The van der Waals surface area contributed by atoms with Gasteiger partial charge in [-0.2, -0.15) is 0 Å². The Morgan fingerprint density at radius 2 is 1.88 bits per heavy atom. The van der Waals surface area contributed by atoms with Crippen molar-refractivity contribution in [2.75, 3.05) is 18.9 Å². The first kappa shape index (κ1) is 20.3. The van der Waals surface area contributed by atoms with Gasteiger partial charge in [-0.25, -0.2) is 9.78 Å². The first-order valence-corrected chi connectivity index (χ1v) is 7.86. The number of nitrogens with zero attached hydrogens (tertiary/aromatic N) is 1. The number of hydrogen-bond donors (Lipinski definition) is 3. The van der Waals surface area contributed by atoms with Crippen LogP contribution in [0.3, 0.4) is 0 Å². The molecule has 1 aromatic heterocycles. The number of carbonyl (C=O) groups is 3. The fourth-order valence-corrected chi connectivity index (χ4v) is 2.13. The van der Waals surface area contributed by atoms with Gasteiger partial charge in [-0.3, -0.25) is 9.59 Å². The van der Waals surface area contributed by atoms with Crippen LogP contribution in [0.25, 0.3) is 0 Å². The maximum atomic E-state index is 11.9. The third-order valence-corrected chi connectivity index (χ3v) is 3.86. The van der Waals surface area contributed by atoms with Crippen molar-refractivity contribution in [3.8, 4) is 0 Å². The Morgan fingerprint density at radius 1 is 1.25 bits per heavy atom. The van der Waals surface area contributed by atoms with Crippen LogP contribution in [0, 0.1) is 0 Å². The van der Waals surface area contributed by atoms with Gasteiger partial charge < -0.3 is 21.1 Å². The van der Waals surface area contributed by atoms with E-state index in [1.165, 1.54) is 6.92 Å². The van der Waals surface area contributed by atoms with Crippen molar-refractivity contribution in [1.29, 1.82) is 0 Å². The Bertz CT molecular complexity index is 669. The van der Waals surface area contributed by atoms with E-state index in [9.17, 15) is 14.4 Å². The van der Waals surface area contributed by atoms with E-state index in [4.69, 9.17) is 45.3 Å². The van der Waals surface area contributed by atoms with Crippen LogP contribution >= 0.6 is 34.8 Å². The summed E-state index contributed by atoms with van der Waals surface area (Å²) in [6, 6.07) is -0.779. The van der Waals surface area contributed by atoms with Crippen LogP contribution in [0.4, 0.5) is 5.69 Å². The van der Waals surface area contributed by atoms with Gasteiger partial charge in [-0.15, -0.1) is 0 Å². The SMILES string of the molecule is CCNC(=O)[C@H](C)NC(=O)COC(=O)c1nc(Cl)c(Cl)c(N)c1Cl. The topological polar surface area (TPSA) is 123 Å². The summed E-state index contributed by atoms with van der Waals surface area (Å²) < 4.78 is 4.77. The lowest BCUT2D eigenvalue weighted by atomic mass is 10.3. The number of hydrogen-bond acceptors (Lipinski definition) is 6. The quantitative estimate of drug-likeness (QED) is 0.493. The van der Waals surface area contributed by atoms with E-state index in [1.54, 1.807) is 6.92 Å². The van der Waals surface area contributed by atoms with Crippen LogP contribution in [-0.2, 0) is 14.3 Å². The standard InChI is InChI=1S/C13H15Cl3N4O4/c1-3-18-12(22)5(2)19-6(21)4-24-13(23)10-7(14)9(17)8(15)11(16)20-10/h5H,3-4H2,1-2H3,(H2,17,20)(H,18,22)(H,19,21)/t5-/m0/s1. The third-order valence-electron chi connectivity index (χ3n) is 2.72. The summed E-state index contributed by atoms with van der Waals surface area (Å²) >= 11 is 17.3. The lowest BCUT2D eigenvalue weighted by Gasteiger charge is -2.13. The molecule has 1 atom stereocenters. The van der Waals surface area contributed by atoms with Crippen molar-refractivity contribution in [2.45, 2.75) is 19.9 Å². The molecule has 1 aromatic rings. The minimum Gasteiger partial charge on any atom is -0.451 e. The number of amides is 2. The third kappa shape index (κ3) is 5.12. The highest BCUT2D eigenvalue weighted by Gasteiger charge is 2.22. The number of esters is 1. The number of aromatic nitrogens is 1. The van der Waals surface area contributed by atoms with Crippen LogP contribution in [0.5, 0.6) is 0 Å². The maximum absolute atomic E-state index is 11.9. The van der Waals surface area contributed by atoms with E-state index in [0.29, 0.717) is 6.54 Å². The average molecular weight is 398 g/mol. The van der Waals surface area contributed by atoms with Crippen molar-refractivity contribution in [1.82, 2.24) is 15.6 Å². The summed E-state index contributed by atoms with van der Waals surface area (Å²) in [7, 11) is 0. The predicted molar refractivity (Wildman–Crippen MR) is 90.3 cm³/mol. The number of pyridine rings is 1. The van der Waals surface area contributed by atoms with Crippen LogP contribution < -0.4 is 16.4 Å². The summed E-state index contributed by atoms with van der Waals surface area (Å²) in [6.45, 7) is 3.02. The van der Waals surface area contributed by atoms with Gasteiger partial charge in [0.2, 0.25) is 5.91 Å². The van der Waals surface area contributed by atoms with Gasteiger partial charge >= 0.3 is 5.97 Å². The van der Waals surface area contributed by atoms with Crippen molar-refractivity contribution in [3.63, 3.8) is 0 Å². The Labute approximate surface area is 153 Å². The number of nitrogens with one attached hydrogen (secondary N) is 2. The lowest BCUT2D eigenvalue weighted by Crippen LogP contribution is -2.46. The molecule has 0 saturated heterocycles. The highest BCUT2D eigenvalue weighted by molar-refractivity contribution is 6.46. The molecule has 0 spiro atoms. The average Bonchev–Trinajstić information content (AvgIpc) is 2.54. The van der Waals surface area contributed by atoms with E-state index < -0.39 is 24.5 Å². The number of anilines is 1. The van der Waals surface area contributed by atoms with Crippen LogP contribution in [0.15, 0.2) is 0 Å². The first-order valence-electron chi connectivity index (χ1n) is 6.73. The van der Waals surface area contributed by atoms with Crippen molar-refractivity contribution >= 4 is 58.3 Å². The second-order valence-corrected chi connectivity index (χ2v) is 5.67. The van der Waals surface area contributed by atoms with Gasteiger partial charge in [0.15, 0.2) is 17.5 Å². The van der Waals surface area contributed by atoms with E-state index in [1.807, 2.05) is 0 Å². The van der Waals surface area contributed by atoms with Gasteiger partial charge in [0.25, 0.3) is 5.91 Å². The van der Waals surface area contributed by atoms with Crippen LogP contribution in [-0.4, -0.2) is 42.0 Å². The fourth-order valence-electron chi connectivity index (χ4n) is 1.54. The lowest BCUT2D eigenvalue weighted by molar-refractivity contribution is -0.130. The van der Waals surface area contributed by atoms with Gasteiger partial charge in [0, 0.05) is 6.54 Å². The van der Waals surface area contributed by atoms with Gasteiger partial charge in [-0.1, -0.05) is 34.8 Å². The Morgan fingerprint density at radius 3 is 2.46 bits per heavy atom. The summed E-state index contributed by atoms with van der Waals surface area (Å²) in [4.78, 5) is 38.8. The molecule has 0 unspecified atom stereocenters. The van der Waals surface area contributed by atoms with Crippen LogP contribution in [0.2, 0.25) is 15.2 Å². The molecule has 11 heteroatoms. The molecule has 1 heterocycles. The fraction of sp³-hybridized carbons (Fsp3) is 0.385. The smallest absolute Gasteiger partial charge is 0.359 e. The molecule has 0 aliphatic carbocycles. The highest BCUT2D eigenvalue weighted by Crippen LogP contribution is 2.34. The molecule has 24 heavy (non-hydrogen) atoms. The number of likely N-dealkylation sites (N-methyl/N-ethyl adjacent to an activating group) is 1. The Hall–Kier alpha value is -1.77. The normalized spacial score (nSPS) is 11.5. The molecule has 0 radical (unpaired) electrons. The largest absolute Gasteiger partial charge is 0.451 e. The molecular weight excluding hydrogens is 383 g/mol. The second-order valence-electron chi connectivity index (χ2n) is 4.55. The molecule has 8 nitrogen and oxygen atoms in total. The van der Waals surface area contributed by atoms with Crippen LogP contribution in [0.1, 0.15) is 24.3 Å². The van der Waals surface area contributed by atoms with E-state index in [2.05, 4.69) is 15.6 Å². The number of rotatable bonds is 6. The Balaban J connectivity index is 2.67. The van der Waals surface area contributed by atoms with Gasteiger partial charge in [0.05, 0.1) is 10.7 Å². The zero-order chi connectivity index (χ0) is 18.4. The highest BCUT2D eigenvalue weighted by atomic mass is 35.5. The number of nitrogen functional groups attached to an aromatic ring is 1. The molecule has 1 rings (SSSR count). The molecule has 0 fully saturated rings. The minimum absolute atomic E-state index is 0.0910. The minimum atomic E-state index is -1.01. The van der Waals surface area contributed by atoms with E-state index in [-0.39, 0.29) is 32.5 Å². The molecule has 0 aromatic carbocycles. The number of halogens is 3. The number of carbonyl (C=O) groups excluding carboxylic acids is 3. The van der Waals surface area contributed by atoms with Crippen molar-refractivity contribution < 1.29 is 19.1 Å². The number of nitrogens with two attached hydrogens (primary N) is 1. The summed E-state index contributed by atoms with van der Waals surface area (Å²) in [5.74, 6) is -2.04. The Kier molecular flexibility index (Phi) is 7.53. The first-order chi connectivity index (χ1) is 11.2.